The molecule has 3 nitrogen and oxygen atoms in total. The Balaban J connectivity index is 4.44. The van der Waals surface area contributed by atoms with E-state index in [0.29, 0.717) is 0 Å². The van der Waals surface area contributed by atoms with Crippen molar-refractivity contribution in [2.75, 3.05) is 0 Å². The summed E-state index contributed by atoms with van der Waals surface area (Å²) >= 11 is 0. The second-order valence-electron chi connectivity index (χ2n) is 1.31. The lowest BCUT2D eigenvalue weighted by Crippen LogP contribution is -2.26. The third kappa shape index (κ3) is 2.27. The van der Waals surface area contributed by atoms with Crippen LogP contribution in [0.15, 0.2) is 0 Å². The van der Waals surface area contributed by atoms with Crippen LogP contribution < -0.4 is 0 Å². The van der Waals surface area contributed by atoms with Crippen molar-refractivity contribution in [3.8, 4) is 0 Å². The Morgan fingerprint density at radius 1 is 1.40 bits per heavy atom. The average Bonchev–Trinajstić information content (AvgIpc) is 1.61. The molecule has 0 rings (SSSR count). The molecule has 0 fully saturated rings. The van der Waals surface area contributed by atoms with Gasteiger partial charge in [0.1, 0.15) is 0 Å². The molecule has 8 heteroatoms. The maximum atomic E-state index is 11.3. The minimum absolute atomic E-state index is 1.29. The normalized spacial score (nSPS) is 14.8. The van der Waals surface area contributed by atoms with Crippen molar-refractivity contribution in [1.29, 1.82) is 0 Å². The summed E-state index contributed by atoms with van der Waals surface area (Å²) in [5, 5.41) is 0. The summed E-state index contributed by atoms with van der Waals surface area (Å²) in [6.07, 6.45) is 0. The molecule has 0 aliphatic carbocycles. The van der Waals surface area contributed by atoms with E-state index >= 15 is 0 Å². The van der Waals surface area contributed by atoms with Crippen molar-refractivity contribution in [1.82, 2.24) is 0 Å². The predicted molar refractivity (Wildman–Crippen MR) is 30.5 cm³/mol. The Morgan fingerprint density at radius 3 is 1.90 bits per heavy atom. The second-order valence-corrected chi connectivity index (χ2v) is 4.20. The van der Waals surface area contributed by atoms with E-state index in [1.165, 1.54) is 6.55 Å². The molecule has 0 aromatic heterocycles. The summed E-state index contributed by atoms with van der Waals surface area (Å²) in [4.78, 5) is 0. The van der Waals surface area contributed by atoms with Gasteiger partial charge in [0, 0.05) is 0 Å². The van der Waals surface area contributed by atoms with E-state index in [2.05, 4.69) is 3.87 Å². The molecule has 0 atom stereocenters. The predicted octanol–water partition coefficient (Wildman–Crippen LogP) is -0.0155. The van der Waals surface area contributed by atoms with Crippen molar-refractivity contribution < 1.29 is 25.5 Å². The van der Waals surface area contributed by atoms with Crippen molar-refractivity contribution in [2.45, 2.75) is 12.1 Å². The van der Waals surface area contributed by atoms with Crippen molar-refractivity contribution in [3.05, 3.63) is 0 Å². The highest BCUT2D eigenvalue weighted by atomic mass is 32.2. The van der Waals surface area contributed by atoms with E-state index in [1.807, 2.05) is 0 Å². The summed E-state index contributed by atoms with van der Waals surface area (Å²) in [5.41, 5.74) is -5.27. The zero-order valence-corrected chi connectivity index (χ0v) is 7.20. The lowest BCUT2D eigenvalue weighted by atomic mass is 11.6. The van der Waals surface area contributed by atoms with E-state index in [0.717, 1.165) is 0 Å². The molecule has 0 saturated heterocycles. The Labute approximate surface area is 58.2 Å². The number of alkyl halides is 3. The first-order valence-corrected chi connectivity index (χ1v) is 5.67. The van der Waals surface area contributed by atoms with Gasteiger partial charge >= 0.3 is 15.6 Å². The van der Waals surface area contributed by atoms with Gasteiger partial charge < -0.3 is 3.87 Å². The van der Waals surface area contributed by atoms with Gasteiger partial charge in [-0.1, -0.05) is 0 Å². The van der Waals surface area contributed by atoms with Gasteiger partial charge in [0.05, 0.1) is 0 Å². The van der Waals surface area contributed by atoms with Gasteiger partial charge in [0.25, 0.3) is 0 Å². The average molecular weight is 194 g/mol. The Morgan fingerprint density at radius 2 is 1.80 bits per heavy atom. The van der Waals surface area contributed by atoms with Gasteiger partial charge in [0.2, 0.25) is 0 Å². The lowest BCUT2D eigenvalue weighted by Gasteiger charge is -2.05. The summed E-state index contributed by atoms with van der Waals surface area (Å²) in [6, 6.07) is 0. The largest absolute Gasteiger partial charge is 0.522 e. The van der Waals surface area contributed by atoms with Gasteiger partial charge in [-0.2, -0.15) is 21.6 Å². The summed E-state index contributed by atoms with van der Waals surface area (Å²) in [7, 11) is -6.86. The van der Waals surface area contributed by atoms with Crippen LogP contribution in [0.4, 0.5) is 13.2 Å². The monoisotopic (exact) mass is 194 g/mol. The van der Waals surface area contributed by atoms with Crippen molar-refractivity contribution in [2.24, 2.45) is 0 Å². The second kappa shape index (κ2) is 2.89. The molecule has 62 valence electrons. The highest BCUT2D eigenvalue weighted by Crippen LogP contribution is 2.23. The molecule has 0 saturated carbocycles. The third-order valence-electron chi connectivity index (χ3n) is 0.556. The molecule has 0 radical (unpaired) electrons. The fraction of sp³-hybridized carbons (Fsp3) is 1.00. The topological polar surface area (TPSA) is 43.4 Å². The minimum atomic E-state index is -5.29. The van der Waals surface area contributed by atoms with E-state index in [4.69, 9.17) is 0 Å². The molecule has 0 aliphatic rings. The Kier molecular flexibility index (Phi) is 2.86. The first-order chi connectivity index (χ1) is 4.31. The lowest BCUT2D eigenvalue weighted by molar-refractivity contribution is -0.0499. The smallest absolute Gasteiger partial charge is 0.316 e. The summed E-state index contributed by atoms with van der Waals surface area (Å²) in [6.45, 7) is 1.29. The maximum absolute atomic E-state index is 11.3. The first kappa shape index (κ1) is 9.92. The van der Waals surface area contributed by atoms with Crippen LogP contribution in [0.5, 0.6) is 0 Å². The first-order valence-electron chi connectivity index (χ1n) is 2.27. The molecule has 0 spiro atoms. The van der Waals surface area contributed by atoms with Crippen LogP contribution in [0.2, 0.25) is 6.55 Å². The van der Waals surface area contributed by atoms with Crippen LogP contribution in [0, 0.1) is 0 Å². The molecule has 0 unspecified atom stereocenters. The van der Waals surface area contributed by atoms with E-state index < -0.39 is 25.4 Å². The molecule has 0 heterocycles. The minimum Gasteiger partial charge on any atom is -0.316 e. The molecule has 0 N–H and O–H groups in total. The molecule has 10 heavy (non-hydrogen) atoms. The van der Waals surface area contributed by atoms with Gasteiger partial charge in [-0.25, -0.2) is 0 Å². The molecule has 0 bridgehead atoms. The molecule has 0 aromatic rings. The van der Waals surface area contributed by atoms with Crippen molar-refractivity contribution >= 4 is 19.9 Å². The number of rotatable bonds is 2. The van der Waals surface area contributed by atoms with Gasteiger partial charge in [-0.15, -0.1) is 0 Å². The fourth-order valence-electron chi connectivity index (χ4n) is 0.222. The Bertz CT molecular complexity index is 194. The molecule has 0 aliphatic heterocycles. The van der Waals surface area contributed by atoms with Crippen LogP contribution in [0.25, 0.3) is 0 Å². The fourth-order valence-corrected chi connectivity index (χ4v) is 2.00. The van der Waals surface area contributed by atoms with Crippen LogP contribution in [-0.4, -0.2) is 23.7 Å². The van der Waals surface area contributed by atoms with Crippen LogP contribution >= 0.6 is 0 Å². The number of hydrogen-bond acceptors (Lipinski definition) is 3. The molecule has 0 aromatic carbocycles. The highest BCUT2D eigenvalue weighted by Gasteiger charge is 2.46. The van der Waals surface area contributed by atoms with Crippen LogP contribution in [0.1, 0.15) is 0 Å². The van der Waals surface area contributed by atoms with E-state index in [-0.39, 0.29) is 0 Å². The third-order valence-corrected chi connectivity index (χ3v) is 3.31. The number of hydrogen-bond donors (Lipinski definition) is 0. The van der Waals surface area contributed by atoms with E-state index in [9.17, 15) is 21.6 Å². The van der Waals surface area contributed by atoms with Crippen LogP contribution in [-0.2, 0) is 14.0 Å². The SMILES string of the molecule is C[SiH2]OS(=O)(=O)C(F)(F)F. The number of halogens is 3. The van der Waals surface area contributed by atoms with Gasteiger partial charge in [-0.3, -0.25) is 0 Å². The highest BCUT2D eigenvalue weighted by molar-refractivity contribution is 7.88. The molecular weight excluding hydrogens is 189 g/mol. The quantitative estimate of drug-likeness (QED) is 0.458. The standard InChI is InChI=1S/C2H5F3O3SSi/c1-10-8-9(6,7)2(3,4)5/h10H2,1H3. The molecular formula is C2H5F3O3SSi. The van der Waals surface area contributed by atoms with Crippen molar-refractivity contribution in [3.63, 3.8) is 0 Å². The summed E-state index contributed by atoms with van der Waals surface area (Å²) < 4.78 is 57.4. The molecule has 0 amide bonds. The maximum Gasteiger partial charge on any atom is 0.522 e. The van der Waals surface area contributed by atoms with E-state index in [1.54, 1.807) is 0 Å². The van der Waals surface area contributed by atoms with Crippen LogP contribution in [0.3, 0.4) is 0 Å². The Hall–Kier alpha value is -0.0831. The summed E-state index contributed by atoms with van der Waals surface area (Å²) in [5.74, 6) is 0. The van der Waals surface area contributed by atoms with Gasteiger partial charge in [-0.05, 0) is 6.55 Å². The zero-order valence-electron chi connectivity index (χ0n) is 4.97. The zero-order chi connectivity index (χ0) is 8.41. The van der Waals surface area contributed by atoms with Gasteiger partial charge in [0.15, 0.2) is 9.76 Å².